The van der Waals surface area contributed by atoms with Crippen molar-refractivity contribution in [1.29, 1.82) is 0 Å². The quantitative estimate of drug-likeness (QED) is 0.286. The zero-order valence-corrected chi connectivity index (χ0v) is 19.9. The molecule has 4 aromatic rings. The number of fused-ring (bicyclic) bond motifs is 1. The first-order valence-corrected chi connectivity index (χ1v) is 12.0. The minimum Gasteiger partial charge on any atom is -0.278 e. The fourth-order valence-corrected chi connectivity index (χ4v) is 5.58. The fraction of sp³-hybridized carbons (Fsp3) is 0.208. The summed E-state index contributed by atoms with van der Waals surface area (Å²) < 4.78 is 0.961. The van der Waals surface area contributed by atoms with Crippen molar-refractivity contribution in [2.24, 2.45) is 0 Å². The maximum atomic E-state index is 13.6. The van der Waals surface area contributed by atoms with E-state index in [0.717, 1.165) is 26.4 Å². The molecule has 1 amide bonds. The molecule has 4 rings (SSSR count). The molecule has 2 aromatic heterocycles. The average Bonchev–Trinajstić information content (AvgIpc) is 3.16. The highest BCUT2D eigenvalue weighted by molar-refractivity contribution is 7.99. The van der Waals surface area contributed by atoms with E-state index >= 15 is 0 Å². The number of aromatic nitrogens is 2. The SMILES string of the molecule is Cc1cc(Cl)cc2sc(N(Cc3ccccn3)C(=O)c3cccc(SC(C)C)c3)nc12. The highest BCUT2D eigenvalue weighted by atomic mass is 35.5. The molecular weight excluding hydrogens is 446 g/mol. The standard InChI is InChI=1S/C24H22ClN3OS2/c1-15(2)30-20-9-6-7-17(12-20)23(29)28(14-19-8-4-5-10-26-19)24-27-22-16(3)11-18(25)13-21(22)31-24/h4-13,15H,14H2,1-3H3. The molecule has 31 heavy (non-hydrogen) atoms. The van der Waals surface area contributed by atoms with Gasteiger partial charge in [-0.25, -0.2) is 4.98 Å². The molecule has 0 unspecified atom stereocenters. The number of hydrogen-bond acceptors (Lipinski definition) is 5. The molecule has 0 aliphatic heterocycles. The number of thioether (sulfide) groups is 1. The third-order valence-corrected chi connectivity index (χ3v) is 6.86. The summed E-state index contributed by atoms with van der Waals surface area (Å²) in [5.41, 5.74) is 3.30. The van der Waals surface area contributed by atoms with E-state index in [0.29, 0.717) is 27.5 Å². The maximum Gasteiger partial charge on any atom is 0.260 e. The van der Waals surface area contributed by atoms with Crippen LogP contribution in [0.25, 0.3) is 10.2 Å². The Bertz CT molecular complexity index is 1220. The normalized spacial score (nSPS) is 11.3. The lowest BCUT2D eigenvalue weighted by Gasteiger charge is -2.20. The second kappa shape index (κ2) is 9.39. The van der Waals surface area contributed by atoms with E-state index in [4.69, 9.17) is 16.6 Å². The largest absolute Gasteiger partial charge is 0.278 e. The Kier molecular flexibility index (Phi) is 6.60. The molecule has 2 heterocycles. The second-order valence-electron chi connectivity index (χ2n) is 7.47. The highest BCUT2D eigenvalue weighted by Gasteiger charge is 2.23. The number of anilines is 1. The molecule has 0 fully saturated rings. The summed E-state index contributed by atoms with van der Waals surface area (Å²) in [4.78, 5) is 25.6. The van der Waals surface area contributed by atoms with Crippen LogP contribution in [0.2, 0.25) is 5.02 Å². The van der Waals surface area contributed by atoms with Gasteiger partial charge in [0.25, 0.3) is 5.91 Å². The first kappa shape index (κ1) is 21.8. The van der Waals surface area contributed by atoms with Gasteiger partial charge in [0, 0.05) is 26.9 Å². The fourth-order valence-electron chi connectivity index (χ4n) is 3.27. The van der Waals surface area contributed by atoms with Crippen LogP contribution in [0.4, 0.5) is 5.13 Å². The number of hydrogen-bond donors (Lipinski definition) is 0. The zero-order valence-electron chi connectivity index (χ0n) is 17.5. The summed E-state index contributed by atoms with van der Waals surface area (Å²) in [6.45, 7) is 6.60. The first-order chi connectivity index (χ1) is 14.9. The Labute approximate surface area is 195 Å². The number of thiazole rings is 1. The smallest absolute Gasteiger partial charge is 0.260 e. The monoisotopic (exact) mass is 467 g/mol. The lowest BCUT2D eigenvalue weighted by atomic mass is 10.2. The highest BCUT2D eigenvalue weighted by Crippen LogP contribution is 2.34. The van der Waals surface area contributed by atoms with Crippen molar-refractivity contribution in [3.8, 4) is 0 Å². The van der Waals surface area contributed by atoms with Gasteiger partial charge in [-0.3, -0.25) is 14.7 Å². The summed E-state index contributed by atoms with van der Waals surface area (Å²) in [6.07, 6.45) is 1.74. The van der Waals surface area contributed by atoms with Gasteiger partial charge in [-0.2, -0.15) is 0 Å². The van der Waals surface area contributed by atoms with E-state index < -0.39 is 0 Å². The van der Waals surface area contributed by atoms with Gasteiger partial charge in [0.1, 0.15) is 0 Å². The van der Waals surface area contributed by atoms with Crippen molar-refractivity contribution in [3.63, 3.8) is 0 Å². The van der Waals surface area contributed by atoms with Crippen LogP contribution in [-0.2, 0) is 6.54 Å². The minimum atomic E-state index is -0.0975. The van der Waals surface area contributed by atoms with E-state index in [-0.39, 0.29) is 5.91 Å². The molecule has 0 aliphatic carbocycles. The molecule has 0 atom stereocenters. The number of halogens is 1. The van der Waals surface area contributed by atoms with Gasteiger partial charge in [-0.15, -0.1) is 11.8 Å². The number of benzene rings is 2. The molecule has 0 saturated carbocycles. The van der Waals surface area contributed by atoms with Gasteiger partial charge >= 0.3 is 0 Å². The molecule has 2 aromatic carbocycles. The first-order valence-electron chi connectivity index (χ1n) is 9.96. The Morgan fingerprint density at radius 1 is 1.16 bits per heavy atom. The van der Waals surface area contributed by atoms with E-state index in [1.807, 2.05) is 61.5 Å². The van der Waals surface area contributed by atoms with Crippen molar-refractivity contribution < 1.29 is 4.79 Å². The lowest BCUT2D eigenvalue weighted by Crippen LogP contribution is -2.30. The molecule has 0 spiro atoms. The zero-order chi connectivity index (χ0) is 22.0. The summed E-state index contributed by atoms with van der Waals surface area (Å²) in [6, 6.07) is 17.3. The van der Waals surface area contributed by atoms with Crippen molar-refractivity contribution in [2.75, 3.05) is 4.90 Å². The van der Waals surface area contributed by atoms with E-state index in [1.165, 1.54) is 11.3 Å². The van der Waals surface area contributed by atoms with E-state index in [1.54, 1.807) is 22.9 Å². The molecule has 7 heteroatoms. The lowest BCUT2D eigenvalue weighted by molar-refractivity contribution is 0.0984. The third-order valence-electron chi connectivity index (χ3n) is 4.61. The Balaban J connectivity index is 1.76. The topological polar surface area (TPSA) is 46.1 Å². The van der Waals surface area contributed by atoms with Crippen LogP contribution in [0, 0.1) is 6.92 Å². The Hall–Kier alpha value is -2.41. The summed E-state index contributed by atoms with van der Waals surface area (Å²) in [7, 11) is 0. The number of amides is 1. The van der Waals surface area contributed by atoms with Gasteiger partial charge in [0.15, 0.2) is 5.13 Å². The molecule has 4 nitrogen and oxygen atoms in total. The Morgan fingerprint density at radius 2 is 2.00 bits per heavy atom. The van der Waals surface area contributed by atoms with Crippen molar-refractivity contribution in [3.05, 3.63) is 82.6 Å². The Morgan fingerprint density at radius 3 is 2.74 bits per heavy atom. The van der Waals surface area contributed by atoms with Gasteiger partial charge in [0.05, 0.1) is 22.5 Å². The molecule has 0 bridgehead atoms. The number of carbonyl (C=O) groups is 1. The molecule has 0 aliphatic rings. The van der Waals surface area contributed by atoms with Crippen molar-refractivity contribution >= 4 is 56.0 Å². The summed E-state index contributed by atoms with van der Waals surface area (Å²) >= 11 is 9.45. The van der Waals surface area contributed by atoms with Crippen LogP contribution in [-0.4, -0.2) is 21.1 Å². The number of rotatable bonds is 6. The van der Waals surface area contributed by atoms with Crippen LogP contribution >= 0.6 is 34.7 Å². The second-order valence-corrected chi connectivity index (χ2v) is 10.6. The molecule has 0 saturated heterocycles. The average molecular weight is 468 g/mol. The molecule has 158 valence electrons. The van der Waals surface area contributed by atoms with Gasteiger partial charge in [-0.05, 0) is 55.0 Å². The third kappa shape index (κ3) is 5.09. The number of pyridine rings is 1. The molecule has 0 radical (unpaired) electrons. The van der Waals surface area contributed by atoms with Crippen LogP contribution in [0.3, 0.4) is 0 Å². The van der Waals surface area contributed by atoms with Gasteiger partial charge < -0.3 is 0 Å². The van der Waals surface area contributed by atoms with E-state index in [9.17, 15) is 4.79 Å². The van der Waals surface area contributed by atoms with Gasteiger partial charge in [0.2, 0.25) is 0 Å². The van der Waals surface area contributed by atoms with E-state index in [2.05, 4.69) is 18.8 Å². The summed E-state index contributed by atoms with van der Waals surface area (Å²) in [5, 5.41) is 1.74. The number of aryl methyl sites for hydroxylation is 1. The van der Waals surface area contributed by atoms with Crippen molar-refractivity contribution in [2.45, 2.75) is 37.5 Å². The number of carbonyl (C=O) groups excluding carboxylic acids is 1. The predicted molar refractivity (Wildman–Crippen MR) is 132 cm³/mol. The van der Waals surface area contributed by atoms with Crippen LogP contribution in [0.5, 0.6) is 0 Å². The minimum absolute atomic E-state index is 0.0975. The van der Waals surface area contributed by atoms with Crippen LogP contribution in [0.15, 0.2) is 65.7 Å². The molecular formula is C24H22ClN3OS2. The predicted octanol–water partition coefficient (Wildman–Crippen LogP) is 7.00. The maximum absolute atomic E-state index is 13.6. The molecule has 0 N–H and O–H groups in total. The van der Waals surface area contributed by atoms with Crippen LogP contribution in [0.1, 0.15) is 35.5 Å². The van der Waals surface area contributed by atoms with Gasteiger partial charge in [-0.1, -0.05) is 48.9 Å². The van der Waals surface area contributed by atoms with Crippen LogP contribution < -0.4 is 4.90 Å². The van der Waals surface area contributed by atoms with Crippen molar-refractivity contribution in [1.82, 2.24) is 9.97 Å². The number of nitrogens with zero attached hydrogens (tertiary/aromatic N) is 3. The summed E-state index contributed by atoms with van der Waals surface area (Å²) in [5.74, 6) is -0.0975.